The van der Waals surface area contributed by atoms with Gasteiger partial charge in [-0.05, 0) is 32.1 Å². The molecule has 0 aromatic heterocycles. The summed E-state index contributed by atoms with van der Waals surface area (Å²) in [4.78, 5) is 14.6. The van der Waals surface area contributed by atoms with Crippen molar-refractivity contribution in [1.29, 1.82) is 0 Å². The summed E-state index contributed by atoms with van der Waals surface area (Å²) < 4.78 is 0. The molecule has 1 aliphatic heterocycles. The van der Waals surface area contributed by atoms with Gasteiger partial charge in [-0.1, -0.05) is 20.8 Å². The summed E-state index contributed by atoms with van der Waals surface area (Å²) in [5.74, 6) is 0.341. The number of rotatable bonds is 5. The SMILES string of the molecule is CCC(CC)(CC)C(=O)N1CCCC1CN. The number of carbonyl (C=O) groups is 1. The van der Waals surface area contributed by atoms with Crippen molar-refractivity contribution in [2.24, 2.45) is 11.1 Å². The van der Waals surface area contributed by atoms with Crippen LogP contribution in [0.1, 0.15) is 52.9 Å². The van der Waals surface area contributed by atoms with Crippen molar-refractivity contribution in [2.75, 3.05) is 13.1 Å². The predicted octanol–water partition coefficient (Wildman–Crippen LogP) is 2.15. The Morgan fingerprint density at radius 1 is 1.31 bits per heavy atom. The average Bonchev–Trinajstić information content (AvgIpc) is 2.79. The lowest BCUT2D eigenvalue weighted by Crippen LogP contribution is -2.47. The number of likely N-dealkylation sites (tertiary alicyclic amines) is 1. The highest BCUT2D eigenvalue weighted by Gasteiger charge is 2.40. The molecule has 1 atom stereocenters. The molecule has 16 heavy (non-hydrogen) atoms. The van der Waals surface area contributed by atoms with Gasteiger partial charge in [0.05, 0.1) is 0 Å². The summed E-state index contributed by atoms with van der Waals surface area (Å²) >= 11 is 0. The second-order valence-electron chi connectivity index (χ2n) is 4.87. The van der Waals surface area contributed by atoms with Crippen LogP contribution >= 0.6 is 0 Å². The molecule has 3 heteroatoms. The van der Waals surface area contributed by atoms with Crippen LogP contribution in [0.15, 0.2) is 0 Å². The van der Waals surface area contributed by atoms with E-state index >= 15 is 0 Å². The summed E-state index contributed by atoms with van der Waals surface area (Å²) in [7, 11) is 0. The van der Waals surface area contributed by atoms with E-state index in [9.17, 15) is 4.79 Å². The van der Waals surface area contributed by atoms with Gasteiger partial charge in [-0.3, -0.25) is 4.79 Å². The van der Waals surface area contributed by atoms with Crippen LogP contribution in [0.2, 0.25) is 0 Å². The van der Waals surface area contributed by atoms with E-state index < -0.39 is 0 Å². The molecule has 0 radical (unpaired) electrons. The van der Waals surface area contributed by atoms with Crippen LogP contribution in [0.4, 0.5) is 0 Å². The second-order valence-corrected chi connectivity index (χ2v) is 4.87. The summed E-state index contributed by atoms with van der Waals surface area (Å²) in [5, 5.41) is 0. The van der Waals surface area contributed by atoms with Crippen LogP contribution in [0.3, 0.4) is 0 Å². The van der Waals surface area contributed by atoms with Crippen molar-refractivity contribution >= 4 is 5.91 Å². The van der Waals surface area contributed by atoms with Gasteiger partial charge in [0.25, 0.3) is 0 Å². The van der Waals surface area contributed by atoms with Gasteiger partial charge in [-0.25, -0.2) is 0 Å². The zero-order valence-corrected chi connectivity index (χ0v) is 11.0. The summed E-state index contributed by atoms with van der Waals surface area (Å²) in [6.07, 6.45) is 5.00. The normalized spacial score (nSPS) is 21.5. The maximum absolute atomic E-state index is 12.6. The van der Waals surface area contributed by atoms with E-state index in [0.29, 0.717) is 12.5 Å². The molecule has 0 bridgehead atoms. The smallest absolute Gasteiger partial charge is 0.229 e. The molecular weight excluding hydrogens is 200 g/mol. The minimum Gasteiger partial charge on any atom is -0.338 e. The highest BCUT2D eigenvalue weighted by Crippen LogP contribution is 2.35. The Morgan fingerprint density at radius 3 is 2.31 bits per heavy atom. The van der Waals surface area contributed by atoms with Crippen molar-refractivity contribution < 1.29 is 4.79 Å². The van der Waals surface area contributed by atoms with Crippen LogP contribution in [0.25, 0.3) is 0 Å². The van der Waals surface area contributed by atoms with E-state index in [1.54, 1.807) is 0 Å². The first-order chi connectivity index (χ1) is 7.65. The third-order valence-corrected chi connectivity index (χ3v) is 4.39. The Bertz CT molecular complexity index is 228. The van der Waals surface area contributed by atoms with Gasteiger partial charge in [0, 0.05) is 24.5 Å². The number of hydrogen-bond donors (Lipinski definition) is 1. The van der Waals surface area contributed by atoms with Gasteiger partial charge in [-0.15, -0.1) is 0 Å². The molecule has 0 aromatic carbocycles. The molecule has 0 aromatic rings. The van der Waals surface area contributed by atoms with Gasteiger partial charge in [0.15, 0.2) is 0 Å². The Hall–Kier alpha value is -0.570. The molecule has 3 nitrogen and oxygen atoms in total. The molecular formula is C13H26N2O. The maximum Gasteiger partial charge on any atom is 0.229 e. The predicted molar refractivity (Wildman–Crippen MR) is 67.1 cm³/mol. The third kappa shape index (κ3) is 2.24. The molecule has 1 unspecified atom stereocenters. The fourth-order valence-electron chi connectivity index (χ4n) is 2.86. The molecule has 1 fully saturated rings. The highest BCUT2D eigenvalue weighted by atomic mass is 16.2. The largest absolute Gasteiger partial charge is 0.338 e. The number of amides is 1. The van der Waals surface area contributed by atoms with Gasteiger partial charge < -0.3 is 10.6 Å². The molecule has 1 heterocycles. The van der Waals surface area contributed by atoms with Crippen molar-refractivity contribution in [3.63, 3.8) is 0 Å². The van der Waals surface area contributed by atoms with Crippen LogP contribution < -0.4 is 5.73 Å². The van der Waals surface area contributed by atoms with Crippen LogP contribution in [0, 0.1) is 5.41 Å². The Morgan fingerprint density at radius 2 is 1.88 bits per heavy atom. The zero-order chi connectivity index (χ0) is 12.2. The van der Waals surface area contributed by atoms with Gasteiger partial charge in [0.2, 0.25) is 5.91 Å². The van der Waals surface area contributed by atoms with E-state index in [4.69, 9.17) is 5.73 Å². The lowest BCUT2D eigenvalue weighted by molar-refractivity contribution is -0.143. The molecule has 1 rings (SSSR count). The monoisotopic (exact) mass is 226 g/mol. The molecule has 0 spiro atoms. The molecule has 0 aliphatic carbocycles. The van der Waals surface area contributed by atoms with E-state index in [0.717, 1.165) is 38.6 Å². The molecule has 1 saturated heterocycles. The maximum atomic E-state index is 12.6. The summed E-state index contributed by atoms with van der Waals surface area (Å²) in [5.41, 5.74) is 5.59. The summed E-state index contributed by atoms with van der Waals surface area (Å²) in [6, 6.07) is 0.288. The van der Waals surface area contributed by atoms with E-state index in [2.05, 4.69) is 20.8 Å². The van der Waals surface area contributed by atoms with Crippen molar-refractivity contribution in [3.8, 4) is 0 Å². The topological polar surface area (TPSA) is 46.3 Å². The first-order valence-corrected chi connectivity index (χ1v) is 6.66. The number of hydrogen-bond acceptors (Lipinski definition) is 2. The van der Waals surface area contributed by atoms with Crippen LogP contribution in [-0.2, 0) is 4.79 Å². The Balaban J connectivity index is 2.82. The van der Waals surface area contributed by atoms with Crippen molar-refractivity contribution in [3.05, 3.63) is 0 Å². The molecule has 1 amide bonds. The van der Waals surface area contributed by atoms with Crippen molar-refractivity contribution in [1.82, 2.24) is 4.90 Å². The quantitative estimate of drug-likeness (QED) is 0.781. The minimum absolute atomic E-state index is 0.141. The lowest BCUT2D eigenvalue weighted by Gasteiger charge is -2.36. The fourth-order valence-corrected chi connectivity index (χ4v) is 2.86. The standard InChI is InChI=1S/C13H26N2O/c1-4-13(5-2,6-3)12(16)15-9-7-8-11(15)10-14/h11H,4-10,14H2,1-3H3. The first kappa shape index (κ1) is 13.5. The average molecular weight is 226 g/mol. The van der Waals surface area contributed by atoms with E-state index in [1.807, 2.05) is 4.90 Å². The van der Waals surface area contributed by atoms with E-state index in [-0.39, 0.29) is 11.5 Å². The Labute approximate surface area is 99.4 Å². The molecule has 0 saturated carbocycles. The lowest BCUT2D eigenvalue weighted by atomic mass is 9.78. The van der Waals surface area contributed by atoms with Crippen molar-refractivity contribution in [2.45, 2.75) is 58.9 Å². The molecule has 94 valence electrons. The zero-order valence-electron chi connectivity index (χ0n) is 11.0. The first-order valence-electron chi connectivity index (χ1n) is 6.66. The number of nitrogens with zero attached hydrogens (tertiary/aromatic N) is 1. The van der Waals surface area contributed by atoms with Crippen LogP contribution in [0.5, 0.6) is 0 Å². The highest BCUT2D eigenvalue weighted by molar-refractivity contribution is 5.83. The van der Waals surface area contributed by atoms with Gasteiger partial charge in [0.1, 0.15) is 0 Å². The van der Waals surface area contributed by atoms with Gasteiger partial charge >= 0.3 is 0 Å². The number of carbonyl (C=O) groups excluding carboxylic acids is 1. The second kappa shape index (κ2) is 5.67. The number of nitrogens with two attached hydrogens (primary N) is 1. The van der Waals surface area contributed by atoms with E-state index in [1.165, 1.54) is 0 Å². The molecule has 1 aliphatic rings. The minimum atomic E-state index is -0.141. The molecule has 2 N–H and O–H groups in total. The van der Waals surface area contributed by atoms with Crippen LogP contribution in [-0.4, -0.2) is 29.9 Å². The fraction of sp³-hybridized carbons (Fsp3) is 0.923. The summed E-state index contributed by atoms with van der Waals surface area (Å²) in [6.45, 7) is 7.89. The third-order valence-electron chi connectivity index (χ3n) is 4.39. The Kier molecular flexibility index (Phi) is 4.78. The van der Waals surface area contributed by atoms with Gasteiger partial charge in [-0.2, -0.15) is 0 Å².